The molecule has 7 aromatic carbocycles. The molecule has 1 aliphatic carbocycles. The number of fused-ring (bicyclic) bond motifs is 5. The van der Waals surface area contributed by atoms with E-state index in [-0.39, 0.29) is 5.41 Å². The molecule has 1 heterocycles. The minimum Gasteiger partial charge on any atom is -0.309 e. The Morgan fingerprint density at radius 3 is 2.05 bits per heavy atom. The van der Waals surface area contributed by atoms with E-state index >= 15 is 0 Å². The van der Waals surface area contributed by atoms with Gasteiger partial charge in [0.05, 0.1) is 11.0 Å². The summed E-state index contributed by atoms with van der Waals surface area (Å²) in [5.74, 6) is 0. The summed E-state index contributed by atoms with van der Waals surface area (Å²) in [6, 6.07) is 47.0. The quantitative estimate of drug-likeness (QED) is 0.157. The lowest BCUT2D eigenvalue weighted by molar-refractivity contribution is 0.662. The first-order valence-corrected chi connectivity index (χ1v) is 14.8. The molecule has 0 fully saturated rings. The van der Waals surface area contributed by atoms with Crippen molar-refractivity contribution in [1.29, 1.82) is 0 Å². The van der Waals surface area contributed by atoms with E-state index in [0.29, 0.717) is 0 Å². The third-order valence-corrected chi connectivity index (χ3v) is 9.51. The van der Waals surface area contributed by atoms with Crippen molar-refractivity contribution in [3.63, 3.8) is 0 Å². The van der Waals surface area contributed by atoms with Crippen LogP contribution in [0.15, 0.2) is 127 Å². The van der Waals surface area contributed by atoms with Crippen LogP contribution >= 0.6 is 0 Å². The Hall–Kier alpha value is -5.14. The number of benzene rings is 7. The molecule has 1 aromatic heterocycles. The second-order valence-electron chi connectivity index (χ2n) is 12.2. The average molecular weight is 536 g/mol. The van der Waals surface area contributed by atoms with Gasteiger partial charge in [0.25, 0.3) is 0 Å². The highest BCUT2D eigenvalue weighted by atomic mass is 15.0. The van der Waals surface area contributed by atoms with Gasteiger partial charge in [0, 0.05) is 21.9 Å². The molecule has 0 spiro atoms. The summed E-state index contributed by atoms with van der Waals surface area (Å²) in [5.41, 5.74) is 8.97. The topological polar surface area (TPSA) is 4.93 Å². The second kappa shape index (κ2) is 8.44. The summed E-state index contributed by atoms with van der Waals surface area (Å²) in [5, 5.41) is 10.7. The summed E-state index contributed by atoms with van der Waals surface area (Å²) in [4.78, 5) is 0. The Kier molecular flexibility index (Phi) is 4.73. The minimum atomic E-state index is 0.000577. The highest BCUT2D eigenvalue weighted by Crippen LogP contribution is 2.49. The van der Waals surface area contributed by atoms with Crippen LogP contribution in [0.5, 0.6) is 0 Å². The van der Waals surface area contributed by atoms with Crippen LogP contribution < -0.4 is 0 Å². The molecule has 0 atom stereocenters. The molecule has 0 unspecified atom stereocenters. The molecule has 0 aliphatic heterocycles. The molecule has 0 amide bonds. The lowest BCUT2D eigenvalue weighted by Crippen LogP contribution is -2.15. The first-order valence-electron chi connectivity index (χ1n) is 14.8. The molecule has 9 rings (SSSR count). The maximum absolute atomic E-state index is 2.40. The van der Waals surface area contributed by atoms with Crippen LogP contribution in [0.3, 0.4) is 0 Å². The number of nitrogens with zero attached hydrogens (tertiary/aromatic N) is 1. The third-order valence-electron chi connectivity index (χ3n) is 9.51. The van der Waals surface area contributed by atoms with E-state index in [0.717, 1.165) is 0 Å². The van der Waals surface area contributed by atoms with Crippen molar-refractivity contribution in [2.24, 2.45) is 0 Å². The normalized spacial score (nSPS) is 14.0. The van der Waals surface area contributed by atoms with Gasteiger partial charge >= 0.3 is 0 Å². The Morgan fingerprint density at radius 2 is 1.17 bits per heavy atom. The molecule has 1 nitrogen and oxygen atoms in total. The van der Waals surface area contributed by atoms with Crippen molar-refractivity contribution in [1.82, 2.24) is 4.57 Å². The number of rotatable bonds is 3. The van der Waals surface area contributed by atoms with Crippen molar-refractivity contribution in [2.75, 3.05) is 0 Å². The van der Waals surface area contributed by atoms with Crippen molar-refractivity contribution in [3.05, 3.63) is 150 Å². The molecule has 0 saturated heterocycles. The van der Waals surface area contributed by atoms with Crippen LogP contribution in [0.25, 0.3) is 72.0 Å². The zero-order valence-corrected chi connectivity index (χ0v) is 23.7. The first kappa shape index (κ1) is 23.6. The molecule has 0 bridgehead atoms. The van der Waals surface area contributed by atoms with Gasteiger partial charge in [-0.05, 0) is 84.9 Å². The fourth-order valence-electron chi connectivity index (χ4n) is 7.47. The highest BCUT2D eigenvalue weighted by molar-refractivity contribution is 6.21. The number of hydrogen-bond acceptors (Lipinski definition) is 0. The lowest BCUT2D eigenvalue weighted by Gasteiger charge is -2.22. The number of para-hydroxylation sites is 1. The highest BCUT2D eigenvalue weighted by Gasteiger charge is 2.33. The van der Waals surface area contributed by atoms with E-state index in [1.165, 1.54) is 82.1 Å². The molecule has 1 heteroatoms. The van der Waals surface area contributed by atoms with E-state index in [1.807, 2.05) is 0 Å². The standard InChI is InChI=1S/C41H29N/c1-41(2)34-12-7-9-29-18-19-30-24-27(25-35(41)39(30)38(29)34)15-14-26-16-21-31(22-17-26)42-36-13-6-5-11-33(36)40-32-10-4-3-8-28(32)20-23-37(40)42/h3-25H,1-2H3/b15-14+. The van der Waals surface area contributed by atoms with Gasteiger partial charge in [0.1, 0.15) is 0 Å². The molecule has 8 aromatic rings. The van der Waals surface area contributed by atoms with Gasteiger partial charge in [-0.3, -0.25) is 0 Å². The molecular weight excluding hydrogens is 506 g/mol. The zero-order chi connectivity index (χ0) is 28.0. The molecule has 0 saturated carbocycles. The summed E-state index contributed by atoms with van der Waals surface area (Å²) in [7, 11) is 0. The Balaban J connectivity index is 1.12. The maximum atomic E-state index is 2.40. The first-order chi connectivity index (χ1) is 20.6. The summed E-state index contributed by atoms with van der Waals surface area (Å²) in [6.45, 7) is 4.72. The average Bonchev–Trinajstić information content (AvgIpc) is 3.49. The molecule has 1 aliphatic rings. The molecule has 42 heavy (non-hydrogen) atoms. The SMILES string of the molecule is CC1(C)c2cccc3ccc4cc(/C=C/c5ccc(-n6c7ccccc7c7c8ccccc8ccc76)cc5)cc1c4c23. The van der Waals surface area contributed by atoms with E-state index in [4.69, 9.17) is 0 Å². The van der Waals surface area contributed by atoms with Gasteiger partial charge in [-0.25, -0.2) is 0 Å². The predicted octanol–water partition coefficient (Wildman–Crippen LogP) is 11.1. The van der Waals surface area contributed by atoms with Crippen molar-refractivity contribution < 1.29 is 0 Å². The fraction of sp³-hybridized carbons (Fsp3) is 0.0732. The van der Waals surface area contributed by atoms with E-state index < -0.39 is 0 Å². The Morgan fingerprint density at radius 1 is 0.476 bits per heavy atom. The number of aromatic nitrogens is 1. The monoisotopic (exact) mass is 535 g/mol. The summed E-state index contributed by atoms with van der Waals surface area (Å²) in [6.07, 6.45) is 4.51. The smallest absolute Gasteiger partial charge is 0.0547 e. The largest absolute Gasteiger partial charge is 0.309 e. The van der Waals surface area contributed by atoms with Crippen LogP contribution in [0.1, 0.15) is 36.1 Å². The van der Waals surface area contributed by atoms with Crippen LogP contribution in [-0.4, -0.2) is 4.57 Å². The van der Waals surface area contributed by atoms with Gasteiger partial charge in [-0.1, -0.05) is 123 Å². The van der Waals surface area contributed by atoms with E-state index in [1.54, 1.807) is 0 Å². The van der Waals surface area contributed by atoms with Gasteiger partial charge in [-0.2, -0.15) is 0 Å². The minimum absolute atomic E-state index is 0.000577. The summed E-state index contributed by atoms with van der Waals surface area (Å²) < 4.78 is 2.40. The van der Waals surface area contributed by atoms with E-state index in [9.17, 15) is 0 Å². The number of hydrogen-bond donors (Lipinski definition) is 0. The van der Waals surface area contributed by atoms with Crippen LogP contribution in [0, 0.1) is 0 Å². The zero-order valence-electron chi connectivity index (χ0n) is 23.7. The molecule has 0 N–H and O–H groups in total. The fourth-order valence-corrected chi connectivity index (χ4v) is 7.47. The molecular formula is C41H29N. The third kappa shape index (κ3) is 3.19. The van der Waals surface area contributed by atoms with Crippen LogP contribution in [0.2, 0.25) is 0 Å². The van der Waals surface area contributed by atoms with Crippen LogP contribution in [-0.2, 0) is 5.41 Å². The lowest BCUT2D eigenvalue weighted by atomic mass is 9.81. The molecule has 198 valence electrons. The van der Waals surface area contributed by atoms with Crippen molar-refractivity contribution in [3.8, 4) is 5.69 Å². The molecule has 0 radical (unpaired) electrons. The Labute approximate surface area is 245 Å². The van der Waals surface area contributed by atoms with E-state index in [2.05, 4.69) is 158 Å². The predicted molar refractivity (Wildman–Crippen MR) is 181 cm³/mol. The van der Waals surface area contributed by atoms with Crippen molar-refractivity contribution in [2.45, 2.75) is 19.3 Å². The van der Waals surface area contributed by atoms with Gasteiger partial charge in [0.15, 0.2) is 0 Å². The maximum Gasteiger partial charge on any atom is 0.0547 e. The van der Waals surface area contributed by atoms with Gasteiger partial charge in [0.2, 0.25) is 0 Å². The van der Waals surface area contributed by atoms with Gasteiger partial charge < -0.3 is 4.57 Å². The Bertz CT molecular complexity index is 2420. The second-order valence-corrected chi connectivity index (χ2v) is 12.2. The van der Waals surface area contributed by atoms with Crippen LogP contribution in [0.4, 0.5) is 0 Å². The van der Waals surface area contributed by atoms with Gasteiger partial charge in [-0.15, -0.1) is 0 Å². The van der Waals surface area contributed by atoms with Crippen molar-refractivity contribution >= 4 is 66.3 Å². The summed E-state index contributed by atoms with van der Waals surface area (Å²) >= 11 is 0.